The maximum Gasteiger partial charge on any atom is 0.312 e. The van der Waals surface area contributed by atoms with Gasteiger partial charge in [0, 0.05) is 0 Å². The van der Waals surface area contributed by atoms with Crippen LogP contribution in [0.2, 0.25) is 0 Å². The summed E-state index contributed by atoms with van der Waals surface area (Å²) < 4.78 is 5.09. The number of carbonyl (C=O) groups is 1. The summed E-state index contributed by atoms with van der Waals surface area (Å²) in [6.45, 7) is 13.1. The molecule has 0 aliphatic heterocycles. The highest BCUT2D eigenvalue weighted by molar-refractivity contribution is 5.77. The second-order valence-corrected chi connectivity index (χ2v) is 6.01. The quantitative estimate of drug-likeness (QED) is 0.582. The minimum atomic E-state index is -0.383. The molecule has 0 saturated heterocycles. The molecule has 0 fully saturated rings. The van der Waals surface area contributed by atoms with Gasteiger partial charge in [-0.15, -0.1) is 0 Å². The fourth-order valence-electron chi connectivity index (χ4n) is 3.07. The largest absolute Gasteiger partial charge is 0.469 e. The lowest BCUT2D eigenvalue weighted by atomic mass is 9.55. The molecule has 2 heteroatoms. The molecule has 3 atom stereocenters. The first-order chi connectivity index (χ1) is 8.33. The minimum Gasteiger partial charge on any atom is -0.469 e. The predicted molar refractivity (Wildman–Crippen MR) is 77.5 cm³/mol. The minimum absolute atomic E-state index is 0.0135. The normalized spacial score (nSPS) is 19.7. The summed E-state index contributed by atoms with van der Waals surface area (Å²) in [5.74, 6) is 0.469. The maximum absolute atomic E-state index is 12.3. The van der Waals surface area contributed by atoms with Crippen molar-refractivity contribution in [3.05, 3.63) is 0 Å². The Hall–Kier alpha value is -0.530. The number of unbranched alkanes of at least 4 members (excludes halogenated alkanes) is 1. The van der Waals surface area contributed by atoms with Crippen LogP contribution in [0.25, 0.3) is 0 Å². The summed E-state index contributed by atoms with van der Waals surface area (Å²) in [6, 6.07) is 0. The van der Waals surface area contributed by atoms with Gasteiger partial charge in [0.05, 0.1) is 12.5 Å². The van der Waals surface area contributed by atoms with Crippen molar-refractivity contribution in [3.8, 4) is 0 Å². The predicted octanol–water partition coefficient (Wildman–Crippen LogP) is 4.82. The van der Waals surface area contributed by atoms with E-state index in [1.165, 1.54) is 20.0 Å². The lowest BCUT2D eigenvalue weighted by Crippen LogP contribution is -2.48. The van der Waals surface area contributed by atoms with E-state index in [1.54, 1.807) is 0 Å². The standard InChI is InChI=1S/C16H32O2/c1-8-11-12-16(6,13(4)9-2)15(5,10-3)14(17)18-7/h13H,8-12H2,1-7H3. The Morgan fingerprint density at radius 3 is 2.11 bits per heavy atom. The van der Waals surface area contributed by atoms with E-state index in [9.17, 15) is 4.79 Å². The molecule has 0 rings (SSSR count). The van der Waals surface area contributed by atoms with E-state index < -0.39 is 0 Å². The van der Waals surface area contributed by atoms with Crippen LogP contribution in [-0.2, 0) is 9.53 Å². The van der Waals surface area contributed by atoms with Crippen LogP contribution < -0.4 is 0 Å². The maximum atomic E-state index is 12.3. The van der Waals surface area contributed by atoms with Gasteiger partial charge >= 0.3 is 5.97 Å². The number of ether oxygens (including phenoxy) is 1. The fourth-order valence-corrected chi connectivity index (χ4v) is 3.07. The van der Waals surface area contributed by atoms with E-state index >= 15 is 0 Å². The van der Waals surface area contributed by atoms with Crippen LogP contribution in [0.15, 0.2) is 0 Å². The van der Waals surface area contributed by atoms with Crippen LogP contribution in [0, 0.1) is 16.7 Å². The summed E-state index contributed by atoms with van der Waals surface area (Å²) in [4.78, 5) is 12.3. The van der Waals surface area contributed by atoms with E-state index in [0.29, 0.717) is 5.92 Å². The molecule has 2 nitrogen and oxygen atoms in total. The molecule has 0 radical (unpaired) electrons. The second kappa shape index (κ2) is 7.16. The molecule has 0 aromatic heterocycles. The topological polar surface area (TPSA) is 26.3 Å². The van der Waals surface area contributed by atoms with Crippen LogP contribution in [0.4, 0.5) is 0 Å². The molecule has 0 aromatic carbocycles. The van der Waals surface area contributed by atoms with Gasteiger partial charge in [-0.1, -0.05) is 53.9 Å². The van der Waals surface area contributed by atoms with E-state index in [-0.39, 0.29) is 16.8 Å². The van der Waals surface area contributed by atoms with E-state index in [2.05, 4.69) is 41.5 Å². The second-order valence-electron chi connectivity index (χ2n) is 6.01. The summed E-state index contributed by atoms with van der Waals surface area (Å²) >= 11 is 0. The van der Waals surface area contributed by atoms with Gasteiger partial charge in [0.25, 0.3) is 0 Å². The SMILES string of the molecule is CCCCC(C)(C(C)CC)C(C)(CC)C(=O)OC. The highest BCUT2D eigenvalue weighted by Crippen LogP contribution is 2.52. The highest BCUT2D eigenvalue weighted by Gasteiger charge is 2.51. The molecule has 0 aliphatic rings. The van der Waals surface area contributed by atoms with Gasteiger partial charge in [0.15, 0.2) is 0 Å². The van der Waals surface area contributed by atoms with Crippen molar-refractivity contribution in [1.82, 2.24) is 0 Å². The van der Waals surface area contributed by atoms with Gasteiger partial charge < -0.3 is 4.74 Å². The van der Waals surface area contributed by atoms with Crippen molar-refractivity contribution in [2.24, 2.45) is 16.7 Å². The van der Waals surface area contributed by atoms with Gasteiger partial charge in [0.1, 0.15) is 0 Å². The average Bonchev–Trinajstić information content (AvgIpc) is 2.41. The molecular formula is C16H32O2. The van der Waals surface area contributed by atoms with Crippen molar-refractivity contribution in [2.45, 2.75) is 73.6 Å². The summed E-state index contributed by atoms with van der Waals surface area (Å²) in [5.41, 5.74) is -0.369. The zero-order valence-corrected chi connectivity index (χ0v) is 13.4. The smallest absolute Gasteiger partial charge is 0.312 e. The third-order valence-corrected chi connectivity index (χ3v) is 5.35. The molecule has 0 spiro atoms. The Bertz CT molecular complexity index is 262. The van der Waals surface area contributed by atoms with Crippen LogP contribution in [0.1, 0.15) is 73.6 Å². The highest BCUT2D eigenvalue weighted by atomic mass is 16.5. The molecule has 108 valence electrons. The molecule has 0 amide bonds. The third kappa shape index (κ3) is 3.07. The Morgan fingerprint density at radius 1 is 1.22 bits per heavy atom. The van der Waals surface area contributed by atoms with Crippen LogP contribution >= 0.6 is 0 Å². The molecule has 3 unspecified atom stereocenters. The summed E-state index contributed by atoms with van der Waals surface area (Å²) in [7, 11) is 1.51. The Balaban J connectivity index is 5.43. The zero-order chi connectivity index (χ0) is 14.4. The van der Waals surface area contributed by atoms with Crippen molar-refractivity contribution in [1.29, 1.82) is 0 Å². The van der Waals surface area contributed by atoms with Gasteiger partial charge in [0.2, 0.25) is 0 Å². The molecule has 0 bridgehead atoms. The third-order valence-electron chi connectivity index (χ3n) is 5.35. The van der Waals surface area contributed by atoms with Gasteiger partial charge in [-0.3, -0.25) is 4.79 Å². The fraction of sp³-hybridized carbons (Fsp3) is 0.938. The van der Waals surface area contributed by atoms with Crippen LogP contribution in [0.5, 0.6) is 0 Å². The van der Waals surface area contributed by atoms with Gasteiger partial charge in [-0.05, 0) is 31.1 Å². The van der Waals surface area contributed by atoms with Crippen molar-refractivity contribution >= 4 is 5.97 Å². The van der Waals surface area contributed by atoms with Gasteiger partial charge in [-0.2, -0.15) is 0 Å². The van der Waals surface area contributed by atoms with Gasteiger partial charge in [-0.25, -0.2) is 0 Å². The Morgan fingerprint density at radius 2 is 1.78 bits per heavy atom. The average molecular weight is 256 g/mol. The lowest BCUT2D eigenvalue weighted by Gasteiger charge is -2.48. The van der Waals surface area contributed by atoms with Crippen molar-refractivity contribution < 1.29 is 9.53 Å². The first kappa shape index (κ1) is 17.5. The molecule has 0 heterocycles. The van der Waals surface area contributed by atoms with E-state index in [0.717, 1.165) is 19.3 Å². The number of carbonyl (C=O) groups excluding carboxylic acids is 1. The van der Waals surface area contributed by atoms with Crippen LogP contribution in [0.3, 0.4) is 0 Å². The monoisotopic (exact) mass is 256 g/mol. The van der Waals surface area contributed by atoms with Crippen molar-refractivity contribution in [2.75, 3.05) is 7.11 Å². The molecular weight excluding hydrogens is 224 g/mol. The first-order valence-electron chi connectivity index (χ1n) is 7.42. The molecule has 0 saturated carbocycles. The molecule has 0 N–H and O–H groups in total. The Kier molecular flexibility index (Phi) is 6.94. The van der Waals surface area contributed by atoms with E-state index in [4.69, 9.17) is 4.74 Å². The first-order valence-corrected chi connectivity index (χ1v) is 7.42. The summed E-state index contributed by atoms with van der Waals surface area (Å²) in [6.07, 6.45) is 5.38. The number of esters is 1. The molecule has 0 aliphatic carbocycles. The summed E-state index contributed by atoms with van der Waals surface area (Å²) in [5, 5.41) is 0. The van der Waals surface area contributed by atoms with E-state index in [1.807, 2.05) is 0 Å². The molecule has 18 heavy (non-hydrogen) atoms. The molecule has 0 aromatic rings. The van der Waals surface area contributed by atoms with Crippen molar-refractivity contribution in [3.63, 3.8) is 0 Å². The number of hydrogen-bond acceptors (Lipinski definition) is 2. The lowest BCUT2D eigenvalue weighted by molar-refractivity contribution is -0.164. The van der Waals surface area contributed by atoms with Crippen LogP contribution in [-0.4, -0.2) is 13.1 Å². The number of hydrogen-bond donors (Lipinski definition) is 0. The Labute approximate surface area is 113 Å². The number of rotatable bonds is 8. The number of methoxy groups -OCH3 is 1. The zero-order valence-electron chi connectivity index (χ0n) is 13.4.